The van der Waals surface area contributed by atoms with Gasteiger partial charge in [-0.05, 0) is 74.2 Å². The van der Waals surface area contributed by atoms with Crippen molar-refractivity contribution in [2.45, 2.75) is 45.1 Å². The smallest absolute Gasteiger partial charge is 0.220 e. The van der Waals surface area contributed by atoms with E-state index in [0.717, 1.165) is 30.2 Å². The molecular weight excluding hydrogens is 364 g/mol. The molecule has 2 N–H and O–H groups in total. The molecule has 3 atom stereocenters. The van der Waals surface area contributed by atoms with E-state index < -0.39 is 0 Å². The first kappa shape index (κ1) is 20.3. The highest BCUT2D eigenvalue weighted by Gasteiger charge is 2.34. The number of rotatable bonds is 6. The summed E-state index contributed by atoms with van der Waals surface area (Å²) in [5.41, 5.74) is 1.14. The van der Waals surface area contributed by atoms with Gasteiger partial charge in [-0.15, -0.1) is 12.4 Å². The second-order valence-corrected chi connectivity index (χ2v) is 8.07. The number of benzene rings is 1. The largest absolute Gasteiger partial charge is 0.486 e. The topological polar surface area (TPSA) is 59.6 Å². The first-order chi connectivity index (χ1) is 12.7. The Morgan fingerprint density at radius 1 is 1.19 bits per heavy atom. The molecule has 0 spiro atoms. The van der Waals surface area contributed by atoms with E-state index in [-0.39, 0.29) is 24.4 Å². The highest BCUT2D eigenvalue weighted by molar-refractivity contribution is 5.85. The molecule has 0 radical (unpaired) electrons. The van der Waals surface area contributed by atoms with Crippen molar-refractivity contribution < 1.29 is 14.3 Å². The van der Waals surface area contributed by atoms with Gasteiger partial charge in [0.15, 0.2) is 11.5 Å². The number of halogens is 1. The number of ether oxygens (including phenoxy) is 2. The summed E-state index contributed by atoms with van der Waals surface area (Å²) in [5, 5.41) is 6.77. The van der Waals surface area contributed by atoms with E-state index in [0.29, 0.717) is 37.4 Å². The Morgan fingerprint density at radius 2 is 1.96 bits per heavy atom. The third-order valence-electron chi connectivity index (χ3n) is 5.98. The van der Waals surface area contributed by atoms with Crippen molar-refractivity contribution in [3.05, 3.63) is 23.8 Å². The molecule has 2 fully saturated rings. The van der Waals surface area contributed by atoms with E-state index in [1.807, 2.05) is 12.1 Å². The minimum Gasteiger partial charge on any atom is -0.486 e. The lowest BCUT2D eigenvalue weighted by Gasteiger charge is -2.29. The molecular formula is C21H31ClN2O3. The number of piperidine rings is 1. The molecule has 1 aromatic carbocycles. The summed E-state index contributed by atoms with van der Waals surface area (Å²) < 4.78 is 11.3. The van der Waals surface area contributed by atoms with Crippen LogP contribution in [0.1, 0.15) is 50.6 Å². The third-order valence-corrected chi connectivity index (χ3v) is 5.98. The van der Waals surface area contributed by atoms with Crippen molar-refractivity contribution in [3.8, 4) is 11.5 Å². The van der Waals surface area contributed by atoms with Gasteiger partial charge in [-0.1, -0.05) is 13.0 Å². The van der Waals surface area contributed by atoms with Crippen LogP contribution in [0.5, 0.6) is 11.5 Å². The molecule has 2 aliphatic heterocycles. The Bertz CT molecular complexity index is 644. The van der Waals surface area contributed by atoms with E-state index in [2.05, 4.69) is 23.6 Å². The summed E-state index contributed by atoms with van der Waals surface area (Å²) in [4.78, 5) is 12.7. The highest BCUT2D eigenvalue weighted by atomic mass is 35.5. The van der Waals surface area contributed by atoms with Gasteiger partial charge >= 0.3 is 0 Å². The van der Waals surface area contributed by atoms with E-state index in [9.17, 15) is 4.79 Å². The quantitative estimate of drug-likeness (QED) is 0.775. The van der Waals surface area contributed by atoms with Crippen LogP contribution < -0.4 is 20.1 Å². The Hall–Kier alpha value is -1.46. The van der Waals surface area contributed by atoms with Crippen molar-refractivity contribution in [2.24, 2.45) is 17.8 Å². The SMILES string of the molecule is CC(CC(=O)NC(c1ccc2c(c1)OCCO2)C1CC1)C1CCCNC1.Cl. The summed E-state index contributed by atoms with van der Waals surface area (Å²) in [7, 11) is 0. The van der Waals surface area contributed by atoms with E-state index in [1.54, 1.807) is 0 Å². The monoisotopic (exact) mass is 394 g/mol. The normalized spacial score (nSPS) is 23.7. The molecule has 27 heavy (non-hydrogen) atoms. The van der Waals surface area contributed by atoms with Gasteiger partial charge in [0.1, 0.15) is 13.2 Å². The number of carbonyl (C=O) groups excluding carboxylic acids is 1. The van der Waals surface area contributed by atoms with Crippen LogP contribution in [0.3, 0.4) is 0 Å². The molecule has 0 bridgehead atoms. The lowest BCUT2D eigenvalue weighted by Crippen LogP contribution is -2.36. The average molecular weight is 395 g/mol. The van der Waals surface area contributed by atoms with E-state index >= 15 is 0 Å². The second kappa shape index (κ2) is 9.16. The van der Waals surface area contributed by atoms with Gasteiger partial charge in [-0.3, -0.25) is 4.79 Å². The van der Waals surface area contributed by atoms with Crippen molar-refractivity contribution in [3.63, 3.8) is 0 Å². The lowest BCUT2D eigenvalue weighted by molar-refractivity contribution is -0.123. The first-order valence-corrected chi connectivity index (χ1v) is 10.1. The molecule has 0 aromatic heterocycles. The fourth-order valence-electron chi connectivity index (χ4n) is 4.21. The van der Waals surface area contributed by atoms with E-state index in [4.69, 9.17) is 9.47 Å². The molecule has 4 rings (SSSR count). The minimum atomic E-state index is 0. The van der Waals surface area contributed by atoms with Crippen LogP contribution in [0.25, 0.3) is 0 Å². The summed E-state index contributed by atoms with van der Waals surface area (Å²) >= 11 is 0. The fraction of sp³-hybridized carbons (Fsp3) is 0.667. The maximum absolute atomic E-state index is 12.7. The summed E-state index contributed by atoms with van der Waals surface area (Å²) in [6.07, 6.45) is 5.43. The molecule has 1 aromatic rings. The second-order valence-electron chi connectivity index (χ2n) is 8.07. The van der Waals surface area contributed by atoms with Crippen molar-refractivity contribution >= 4 is 18.3 Å². The zero-order valence-corrected chi connectivity index (χ0v) is 16.9. The van der Waals surface area contributed by atoms with Crippen molar-refractivity contribution in [1.82, 2.24) is 10.6 Å². The van der Waals surface area contributed by atoms with Crippen LogP contribution in [0.15, 0.2) is 18.2 Å². The van der Waals surface area contributed by atoms with Gasteiger partial charge < -0.3 is 20.1 Å². The lowest BCUT2D eigenvalue weighted by atomic mass is 9.85. The van der Waals surface area contributed by atoms with Gasteiger partial charge in [0, 0.05) is 6.42 Å². The molecule has 1 saturated carbocycles. The Labute approximate surface area is 168 Å². The van der Waals surface area contributed by atoms with Gasteiger partial charge in [0.2, 0.25) is 5.91 Å². The van der Waals surface area contributed by atoms with Crippen LogP contribution in [-0.2, 0) is 4.79 Å². The summed E-state index contributed by atoms with van der Waals surface area (Å²) in [5.74, 6) is 3.36. The Morgan fingerprint density at radius 3 is 2.67 bits per heavy atom. The highest BCUT2D eigenvalue weighted by Crippen LogP contribution is 2.43. The number of nitrogens with one attached hydrogen (secondary N) is 2. The maximum atomic E-state index is 12.7. The maximum Gasteiger partial charge on any atom is 0.220 e. The molecule has 3 aliphatic rings. The molecule has 1 amide bonds. The number of carbonyl (C=O) groups is 1. The molecule has 1 aliphatic carbocycles. The predicted octanol–water partition coefficient (Wildman–Crippen LogP) is 3.47. The number of amides is 1. The van der Waals surface area contributed by atoms with Crippen LogP contribution in [0.4, 0.5) is 0 Å². The molecule has 150 valence electrons. The van der Waals surface area contributed by atoms with Crippen LogP contribution in [0.2, 0.25) is 0 Å². The summed E-state index contributed by atoms with van der Waals surface area (Å²) in [6, 6.07) is 6.19. The predicted molar refractivity (Wildman–Crippen MR) is 108 cm³/mol. The minimum absolute atomic E-state index is 0. The van der Waals surface area contributed by atoms with Gasteiger partial charge in [0.05, 0.1) is 6.04 Å². The van der Waals surface area contributed by atoms with Crippen LogP contribution in [0, 0.1) is 17.8 Å². The molecule has 6 heteroatoms. The number of hydrogen-bond acceptors (Lipinski definition) is 4. The molecule has 1 saturated heterocycles. The van der Waals surface area contributed by atoms with Gasteiger partial charge in [-0.25, -0.2) is 0 Å². The van der Waals surface area contributed by atoms with Crippen LogP contribution in [-0.4, -0.2) is 32.2 Å². The summed E-state index contributed by atoms with van der Waals surface area (Å²) in [6.45, 7) is 5.56. The fourth-order valence-corrected chi connectivity index (χ4v) is 4.21. The number of hydrogen-bond donors (Lipinski definition) is 2. The van der Waals surface area contributed by atoms with Crippen molar-refractivity contribution in [1.29, 1.82) is 0 Å². The number of fused-ring (bicyclic) bond motifs is 1. The van der Waals surface area contributed by atoms with Crippen molar-refractivity contribution in [2.75, 3.05) is 26.3 Å². The Balaban J connectivity index is 0.00000210. The van der Waals surface area contributed by atoms with Gasteiger partial charge in [-0.2, -0.15) is 0 Å². The molecule has 5 nitrogen and oxygen atoms in total. The zero-order chi connectivity index (χ0) is 17.9. The zero-order valence-electron chi connectivity index (χ0n) is 16.0. The van der Waals surface area contributed by atoms with E-state index in [1.165, 1.54) is 25.7 Å². The standard InChI is InChI=1S/C21H30N2O3.ClH/c1-14(17-3-2-8-22-13-17)11-20(24)23-21(15-4-5-15)16-6-7-18-19(12-16)26-10-9-25-18;/h6-7,12,14-15,17,21-22H,2-5,8-11,13H2,1H3,(H,23,24);1H. The third kappa shape index (κ3) is 5.08. The van der Waals surface area contributed by atoms with Gasteiger partial charge in [0.25, 0.3) is 0 Å². The average Bonchev–Trinajstić information content (AvgIpc) is 3.51. The molecule has 2 heterocycles. The molecule has 3 unspecified atom stereocenters. The first-order valence-electron chi connectivity index (χ1n) is 10.1. The van der Waals surface area contributed by atoms with Crippen LogP contribution >= 0.6 is 12.4 Å². The Kier molecular flexibility index (Phi) is 6.88.